The van der Waals surface area contributed by atoms with Gasteiger partial charge in [0.2, 0.25) is 0 Å². The van der Waals surface area contributed by atoms with Gasteiger partial charge in [0.15, 0.2) is 0 Å². The molecule has 7 heteroatoms. The van der Waals surface area contributed by atoms with Gasteiger partial charge in [-0.05, 0) is 65.7 Å². The molecule has 2 atom stereocenters. The molecule has 0 rings (SSSR count). The first-order valence-corrected chi connectivity index (χ1v) is 13.0. The molecule has 0 spiro atoms. The van der Waals surface area contributed by atoms with Crippen molar-refractivity contribution in [1.82, 2.24) is 5.32 Å². The second kappa shape index (κ2) is 17.4. The van der Waals surface area contributed by atoms with Gasteiger partial charge in [0, 0.05) is 12.0 Å². The Morgan fingerprint density at radius 2 is 1.38 bits per heavy atom. The molecule has 34 heavy (non-hydrogen) atoms. The highest BCUT2D eigenvalue weighted by Crippen LogP contribution is 2.26. The normalized spacial score (nSPS) is 14.4. The first-order valence-electron chi connectivity index (χ1n) is 13.0. The van der Waals surface area contributed by atoms with Crippen LogP contribution in [-0.2, 0) is 23.8 Å². The number of esters is 2. The van der Waals surface area contributed by atoms with E-state index >= 15 is 0 Å². The number of carbonyl (C=O) groups excluding carboxylic acids is 3. The van der Waals surface area contributed by atoms with Crippen molar-refractivity contribution in [3.05, 3.63) is 12.2 Å². The zero-order valence-electron chi connectivity index (χ0n) is 22.6. The summed E-state index contributed by atoms with van der Waals surface area (Å²) < 4.78 is 16.4. The Kier molecular flexibility index (Phi) is 16.3. The number of hydrogen-bond donors (Lipinski definition) is 1. The lowest BCUT2D eigenvalue weighted by Crippen LogP contribution is -2.37. The van der Waals surface area contributed by atoms with Gasteiger partial charge in [0.05, 0.1) is 6.54 Å². The molecule has 0 radical (unpaired) electrons. The van der Waals surface area contributed by atoms with E-state index in [1.807, 2.05) is 20.8 Å². The van der Waals surface area contributed by atoms with Gasteiger partial charge < -0.3 is 19.5 Å². The van der Waals surface area contributed by atoms with E-state index in [1.54, 1.807) is 6.92 Å². The minimum absolute atomic E-state index is 0.0650. The molecule has 7 nitrogen and oxygen atoms in total. The lowest BCUT2D eigenvalue weighted by molar-refractivity contribution is -0.159. The number of hydrogen-bond acceptors (Lipinski definition) is 6. The molecule has 0 heterocycles. The van der Waals surface area contributed by atoms with Crippen LogP contribution in [0.15, 0.2) is 12.2 Å². The van der Waals surface area contributed by atoms with Gasteiger partial charge in [-0.15, -0.1) is 0 Å². The third-order valence-corrected chi connectivity index (χ3v) is 6.29. The fourth-order valence-electron chi connectivity index (χ4n) is 3.48. The number of unbranched alkanes of at least 4 members (excludes halogenated alkanes) is 5. The Balaban J connectivity index is 4.19. The van der Waals surface area contributed by atoms with Crippen LogP contribution in [0.25, 0.3) is 0 Å². The highest BCUT2D eigenvalue weighted by atomic mass is 16.6. The van der Waals surface area contributed by atoms with Crippen molar-refractivity contribution >= 4 is 18.0 Å². The van der Waals surface area contributed by atoms with Crippen LogP contribution in [0.1, 0.15) is 119 Å². The fourth-order valence-corrected chi connectivity index (χ4v) is 3.48. The van der Waals surface area contributed by atoms with Gasteiger partial charge in [-0.3, -0.25) is 4.79 Å². The number of carbonyl (C=O) groups is 3. The predicted octanol–water partition coefficient (Wildman–Crippen LogP) is 6.63. The monoisotopic (exact) mass is 483 g/mol. The lowest BCUT2D eigenvalue weighted by atomic mass is 9.94. The van der Waals surface area contributed by atoms with Crippen LogP contribution in [0.5, 0.6) is 0 Å². The van der Waals surface area contributed by atoms with Gasteiger partial charge in [-0.1, -0.05) is 53.0 Å². The van der Waals surface area contributed by atoms with Crippen molar-refractivity contribution in [3.63, 3.8) is 0 Å². The molecule has 0 aromatic carbocycles. The first kappa shape index (κ1) is 31.9. The Morgan fingerprint density at radius 3 is 1.91 bits per heavy atom. The van der Waals surface area contributed by atoms with E-state index in [0.29, 0.717) is 24.8 Å². The molecule has 0 saturated carbocycles. The predicted molar refractivity (Wildman–Crippen MR) is 136 cm³/mol. The van der Waals surface area contributed by atoms with Crippen LogP contribution < -0.4 is 5.32 Å². The van der Waals surface area contributed by atoms with Crippen molar-refractivity contribution in [3.8, 4) is 0 Å². The largest absolute Gasteiger partial charge is 0.460 e. The Bertz CT molecular complexity index is 635. The first-order chi connectivity index (χ1) is 16.0. The smallest absolute Gasteiger partial charge is 0.407 e. The minimum Gasteiger partial charge on any atom is -0.460 e. The van der Waals surface area contributed by atoms with Crippen molar-refractivity contribution in [1.29, 1.82) is 0 Å². The van der Waals surface area contributed by atoms with Crippen LogP contribution in [0.4, 0.5) is 4.79 Å². The van der Waals surface area contributed by atoms with Crippen LogP contribution in [0, 0.1) is 0 Å². The molecule has 2 unspecified atom stereocenters. The van der Waals surface area contributed by atoms with Gasteiger partial charge in [0.1, 0.15) is 17.8 Å². The van der Waals surface area contributed by atoms with E-state index in [1.165, 1.54) is 19.3 Å². The van der Waals surface area contributed by atoms with Crippen molar-refractivity contribution < 1.29 is 28.6 Å². The lowest BCUT2D eigenvalue weighted by Gasteiger charge is -2.29. The second-order valence-corrected chi connectivity index (χ2v) is 9.68. The standard InChI is InChI=1S/C27H49NO6/c1-8-11-12-15-18-26(6,9-2)33-23(29)17-14-13-16-19-27(7,10-3)34-25(31)28-20-21-32-24(30)22(4)5/h4,8-21H2,1-3,5-7H3,(H,28,31). The summed E-state index contributed by atoms with van der Waals surface area (Å²) in [6, 6.07) is 0. The average Bonchev–Trinajstić information content (AvgIpc) is 2.79. The van der Waals surface area contributed by atoms with E-state index in [-0.39, 0.29) is 24.7 Å². The quantitative estimate of drug-likeness (QED) is 0.0959. The Labute approximate surface area is 207 Å². The molecule has 198 valence electrons. The zero-order valence-corrected chi connectivity index (χ0v) is 22.6. The maximum atomic E-state index is 12.3. The molecule has 0 aliphatic rings. The summed E-state index contributed by atoms with van der Waals surface area (Å²) in [5, 5.41) is 2.60. The number of rotatable bonds is 19. The maximum Gasteiger partial charge on any atom is 0.407 e. The molecule has 0 saturated heterocycles. The van der Waals surface area contributed by atoms with Crippen molar-refractivity contribution in [2.75, 3.05) is 13.2 Å². The number of amides is 1. The zero-order chi connectivity index (χ0) is 26.0. The van der Waals surface area contributed by atoms with E-state index in [9.17, 15) is 14.4 Å². The van der Waals surface area contributed by atoms with Crippen molar-refractivity contribution in [2.24, 2.45) is 0 Å². The Morgan fingerprint density at radius 1 is 0.824 bits per heavy atom. The van der Waals surface area contributed by atoms with Crippen LogP contribution in [-0.4, -0.2) is 42.4 Å². The summed E-state index contributed by atoms with van der Waals surface area (Å²) in [6.07, 6.45) is 10.2. The summed E-state index contributed by atoms with van der Waals surface area (Å²) in [5.74, 6) is -0.607. The van der Waals surface area contributed by atoms with E-state index in [4.69, 9.17) is 14.2 Å². The molecule has 0 aromatic heterocycles. The summed E-state index contributed by atoms with van der Waals surface area (Å²) in [6.45, 7) is 15.5. The summed E-state index contributed by atoms with van der Waals surface area (Å²) >= 11 is 0. The third kappa shape index (κ3) is 15.0. The topological polar surface area (TPSA) is 90.9 Å². The van der Waals surface area contributed by atoms with Gasteiger partial charge in [-0.2, -0.15) is 0 Å². The minimum atomic E-state index is -0.585. The number of alkyl carbamates (subject to hydrolysis) is 1. The highest BCUT2D eigenvalue weighted by Gasteiger charge is 2.27. The van der Waals surface area contributed by atoms with E-state index in [0.717, 1.165) is 38.5 Å². The summed E-state index contributed by atoms with van der Waals surface area (Å²) in [7, 11) is 0. The van der Waals surface area contributed by atoms with Gasteiger partial charge >= 0.3 is 18.0 Å². The number of ether oxygens (including phenoxy) is 3. The fraction of sp³-hybridized carbons (Fsp3) is 0.815. The van der Waals surface area contributed by atoms with E-state index in [2.05, 4.69) is 25.7 Å². The Hall–Kier alpha value is -2.05. The molecule has 0 fully saturated rings. The molecule has 0 aliphatic heterocycles. The van der Waals surface area contributed by atoms with Crippen molar-refractivity contribution in [2.45, 2.75) is 130 Å². The third-order valence-electron chi connectivity index (χ3n) is 6.29. The maximum absolute atomic E-state index is 12.3. The van der Waals surface area contributed by atoms with Crippen LogP contribution in [0.2, 0.25) is 0 Å². The molecule has 0 aliphatic carbocycles. The van der Waals surface area contributed by atoms with Crippen LogP contribution in [0.3, 0.4) is 0 Å². The second-order valence-electron chi connectivity index (χ2n) is 9.68. The van der Waals surface area contributed by atoms with Gasteiger partial charge in [-0.25, -0.2) is 9.59 Å². The van der Waals surface area contributed by atoms with Gasteiger partial charge in [0.25, 0.3) is 0 Å². The SMILES string of the molecule is C=C(C)C(=O)OCCNC(=O)OC(C)(CC)CCCCCC(=O)OC(C)(CC)CCCCCC. The molecular formula is C27H49NO6. The molecular weight excluding hydrogens is 434 g/mol. The molecule has 1 amide bonds. The number of nitrogens with one attached hydrogen (secondary N) is 1. The molecule has 0 bridgehead atoms. The summed E-state index contributed by atoms with van der Waals surface area (Å²) in [5.41, 5.74) is -0.635. The summed E-state index contributed by atoms with van der Waals surface area (Å²) in [4.78, 5) is 35.8. The van der Waals surface area contributed by atoms with E-state index < -0.39 is 17.7 Å². The molecule has 0 aromatic rings. The van der Waals surface area contributed by atoms with Crippen LogP contribution >= 0.6 is 0 Å². The molecule has 1 N–H and O–H groups in total. The average molecular weight is 484 g/mol. The highest BCUT2D eigenvalue weighted by molar-refractivity contribution is 5.86.